The van der Waals surface area contributed by atoms with Gasteiger partial charge < -0.3 is 19.7 Å². The summed E-state index contributed by atoms with van der Waals surface area (Å²) in [7, 11) is 0. The molecular formula is C17H32N2O3. The lowest BCUT2D eigenvalue weighted by Crippen LogP contribution is -2.43. The number of hydrogen-bond acceptors (Lipinski definition) is 3. The molecule has 2 heterocycles. The first-order valence-electron chi connectivity index (χ1n) is 8.82. The van der Waals surface area contributed by atoms with Crippen molar-refractivity contribution in [2.24, 2.45) is 0 Å². The first-order valence-corrected chi connectivity index (χ1v) is 8.82. The van der Waals surface area contributed by atoms with Crippen molar-refractivity contribution in [1.29, 1.82) is 0 Å². The minimum atomic E-state index is -0.0398. The van der Waals surface area contributed by atoms with Crippen LogP contribution in [-0.2, 0) is 9.47 Å². The number of carbonyl (C=O) groups is 1. The number of likely N-dealkylation sites (tertiary alicyclic amines) is 1. The van der Waals surface area contributed by atoms with Crippen LogP contribution in [0.25, 0.3) is 0 Å². The smallest absolute Gasteiger partial charge is 0.317 e. The zero-order chi connectivity index (χ0) is 16.0. The van der Waals surface area contributed by atoms with Gasteiger partial charge in [0.15, 0.2) is 0 Å². The lowest BCUT2D eigenvalue weighted by molar-refractivity contribution is -0.0135. The Morgan fingerprint density at radius 1 is 1.32 bits per heavy atom. The number of amides is 2. The van der Waals surface area contributed by atoms with Gasteiger partial charge in [0.1, 0.15) is 0 Å². The van der Waals surface area contributed by atoms with Crippen molar-refractivity contribution in [3.05, 3.63) is 0 Å². The Labute approximate surface area is 134 Å². The van der Waals surface area contributed by atoms with E-state index < -0.39 is 0 Å². The minimum absolute atomic E-state index is 0.0398. The highest BCUT2D eigenvalue weighted by molar-refractivity contribution is 5.74. The highest BCUT2D eigenvalue weighted by Crippen LogP contribution is 2.28. The molecule has 2 atom stereocenters. The van der Waals surface area contributed by atoms with Gasteiger partial charge in [-0.25, -0.2) is 4.79 Å². The molecule has 0 aliphatic carbocycles. The van der Waals surface area contributed by atoms with Crippen LogP contribution in [0.15, 0.2) is 0 Å². The monoisotopic (exact) mass is 312 g/mol. The maximum Gasteiger partial charge on any atom is 0.317 e. The van der Waals surface area contributed by atoms with E-state index in [1.807, 2.05) is 4.90 Å². The van der Waals surface area contributed by atoms with Crippen molar-refractivity contribution in [3.63, 3.8) is 0 Å². The lowest BCUT2D eigenvalue weighted by Gasteiger charge is -2.23. The molecule has 2 amide bonds. The Morgan fingerprint density at radius 2 is 2.14 bits per heavy atom. The second-order valence-corrected chi connectivity index (χ2v) is 7.14. The molecule has 0 spiro atoms. The van der Waals surface area contributed by atoms with Gasteiger partial charge in [0, 0.05) is 26.2 Å². The highest BCUT2D eigenvalue weighted by Gasteiger charge is 2.32. The predicted molar refractivity (Wildman–Crippen MR) is 87.0 cm³/mol. The van der Waals surface area contributed by atoms with Gasteiger partial charge in [-0.05, 0) is 52.4 Å². The van der Waals surface area contributed by atoms with Gasteiger partial charge in [0.05, 0.1) is 17.8 Å². The molecule has 128 valence electrons. The van der Waals surface area contributed by atoms with E-state index in [0.717, 1.165) is 58.2 Å². The average Bonchev–Trinajstić information content (AvgIpc) is 2.70. The van der Waals surface area contributed by atoms with Gasteiger partial charge >= 0.3 is 6.03 Å². The normalized spacial score (nSPS) is 28.4. The van der Waals surface area contributed by atoms with Crippen molar-refractivity contribution >= 4 is 6.03 Å². The van der Waals surface area contributed by atoms with Crippen LogP contribution >= 0.6 is 0 Å². The molecule has 0 aromatic heterocycles. The van der Waals surface area contributed by atoms with E-state index in [1.165, 1.54) is 0 Å². The average molecular weight is 312 g/mol. The quantitative estimate of drug-likeness (QED) is 0.849. The fourth-order valence-corrected chi connectivity index (χ4v) is 3.25. The topological polar surface area (TPSA) is 50.8 Å². The summed E-state index contributed by atoms with van der Waals surface area (Å²) in [4.78, 5) is 14.2. The van der Waals surface area contributed by atoms with E-state index in [0.29, 0.717) is 12.6 Å². The molecule has 5 nitrogen and oxygen atoms in total. The molecule has 22 heavy (non-hydrogen) atoms. The summed E-state index contributed by atoms with van der Waals surface area (Å²) in [6.07, 6.45) is 6.65. The maximum absolute atomic E-state index is 12.3. The number of nitrogens with zero attached hydrogens (tertiary/aromatic N) is 1. The third-order valence-corrected chi connectivity index (χ3v) is 4.56. The van der Waals surface area contributed by atoms with Gasteiger partial charge in [0.2, 0.25) is 0 Å². The van der Waals surface area contributed by atoms with E-state index in [4.69, 9.17) is 9.47 Å². The Balaban J connectivity index is 1.69. The lowest BCUT2D eigenvalue weighted by atomic mass is 10.1. The number of rotatable bonds is 5. The molecule has 0 aromatic carbocycles. The van der Waals surface area contributed by atoms with Crippen LogP contribution in [0.4, 0.5) is 4.79 Å². The van der Waals surface area contributed by atoms with E-state index in [1.54, 1.807) is 0 Å². The van der Waals surface area contributed by atoms with E-state index >= 15 is 0 Å². The van der Waals surface area contributed by atoms with E-state index in [2.05, 4.69) is 26.1 Å². The largest absolute Gasteiger partial charge is 0.378 e. The Hall–Kier alpha value is -0.810. The summed E-state index contributed by atoms with van der Waals surface area (Å²) in [6, 6.07) is 0.0458. The SMILES string of the molecule is CCCO[C@@H]1CCCN(C(=O)NC[C@@H]2CCC(C)(C)O2)CC1. The summed E-state index contributed by atoms with van der Waals surface area (Å²) in [6.45, 7) is 9.41. The number of ether oxygens (including phenoxy) is 2. The van der Waals surface area contributed by atoms with Crippen molar-refractivity contribution in [2.75, 3.05) is 26.2 Å². The van der Waals surface area contributed by atoms with Crippen molar-refractivity contribution in [2.45, 2.75) is 77.1 Å². The van der Waals surface area contributed by atoms with Crippen LogP contribution in [0.5, 0.6) is 0 Å². The molecule has 0 unspecified atom stereocenters. The molecule has 2 aliphatic heterocycles. The van der Waals surface area contributed by atoms with Gasteiger partial charge in [0.25, 0.3) is 0 Å². The fourth-order valence-electron chi connectivity index (χ4n) is 3.25. The molecule has 0 radical (unpaired) electrons. The number of nitrogens with one attached hydrogen (secondary N) is 1. The molecular weight excluding hydrogens is 280 g/mol. The van der Waals surface area contributed by atoms with Crippen LogP contribution in [0.2, 0.25) is 0 Å². The minimum Gasteiger partial charge on any atom is -0.378 e. The maximum atomic E-state index is 12.3. The molecule has 2 rings (SSSR count). The summed E-state index contributed by atoms with van der Waals surface area (Å²) < 4.78 is 11.7. The van der Waals surface area contributed by atoms with Crippen LogP contribution in [0, 0.1) is 0 Å². The van der Waals surface area contributed by atoms with Crippen LogP contribution in [0.3, 0.4) is 0 Å². The fraction of sp³-hybridized carbons (Fsp3) is 0.941. The molecule has 0 bridgehead atoms. The molecule has 2 aliphatic rings. The first kappa shape index (κ1) is 17.5. The molecule has 0 aromatic rings. The second-order valence-electron chi connectivity index (χ2n) is 7.14. The van der Waals surface area contributed by atoms with Gasteiger partial charge in [-0.1, -0.05) is 6.92 Å². The zero-order valence-corrected chi connectivity index (χ0v) is 14.4. The standard InChI is InChI=1S/C17H32N2O3/c1-4-12-21-14-6-5-10-19(11-8-14)16(20)18-13-15-7-9-17(2,3)22-15/h14-15H,4-13H2,1-3H3,(H,18,20)/t14-,15+/m1/s1. The van der Waals surface area contributed by atoms with Gasteiger partial charge in [-0.3, -0.25) is 0 Å². The summed E-state index contributed by atoms with van der Waals surface area (Å²) >= 11 is 0. The molecule has 2 fully saturated rings. The molecule has 1 N–H and O–H groups in total. The predicted octanol–water partition coefficient (Wildman–Crippen LogP) is 2.93. The van der Waals surface area contributed by atoms with Crippen molar-refractivity contribution in [3.8, 4) is 0 Å². The van der Waals surface area contributed by atoms with E-state index in [9.17, 15) is 4.79 Å². The summed E-state index contributed by atoms with van der Waals surface area (Å²) in [5, 5.41) is 3.04. The van der Waals surface area contributed by atoms with Crippen molar-refractivity contribution < 1.29 is 14.3 Å². The third-order valence-electron chi connectivity index (χ3n) is 4.56. The zero-order valence-electron chi connectivity index (χ0n) is 14.4. The second kappa shape index (κ2) is 8.16. The van der Waals surface area contributed by atoms with Gasteiger partial charge in [-0.15, -0.1) is 0 Å². The summed E-state index contributed by atoms with van der Waals surface area (Å²) in [5.41, 5.74) is -0.0398. The van der Waals surface area contributed by atoms with E-state index in [-0.39, 0.29) is 17.7 Å². The number of hydrogen-bond donors (Lipinski definition) is 1. The van der Waals surface area contributed by atoms with Crippen LogP contribution in [0.1, 0.15) is 59.3 Å². The molecule has 2 saturated heterocycles. The summed E-state index contributed by atoms with van der Waals surface area (Å²) in [5.74, 6) is 0. The van der Waals surface area contributed by atoms with Crippen molar-refractivity contribution in [1.82, 2.24) is 10.2 Å². The molecule has 5 heteroatoms. The Morgan fingerprint density at radius 3 is 2.82 bits per heavy atom. The Kier molecular flexibility index (Phi) is 6.50. The molecule has 0 saturated carbocycles. The first-order chi connectivity index (χ1) is 10.5. The highest BCUT2D eigenvalue weighted by atomic mass is 16.5. The van der Waals surface area contributed by atoms with Gasteiger partial charge in [-0.2, -0.15) is 0 Å². The number of carbonyl (C=O) groups excluding carboxylic acids is 1. The Bertz CT molecular complexity index is 360. The third kappa shape index (κ3) is 5.43. The van der Waals surface area contributed by atoms with Crippen LogP contribution in [-0.4, -0.2) is 55.0 Å². The number of urea groups is 1. The van der Waals surface area contributed by atoms with Crippen LogP contribution < -0.4 is 5.32 Å².